The molecule has 0 saturated carbocycles. The van der Waals surface area contributed by atoms with Crippen LogP contribution in [0.5, 0.6) is 5.75 Å². The zero-order valence-corrected chi connectivity index (χ0v) is 14.4. The smallest absolute Gasteiger partial charge is 0.209 e. The first-order valence-electron chi connectivity index (χ1n) is 7.14. The Morgan fingerprint density at radius 3 is 2.54 bits per heavy atom. The number of methoxy groups -OCH3 is 1. The van der Waals surface area contributed by atoms with E-state index in [-0.39, 0.29) is 11.5 Å². The molecule has 0 saturated heterocycles. The SMILES string of the molecule is COc1ccc(C(=O)CSc2n[nH]c(-c3ccc(Cl)cc3)n2)cc1. The summed E-state index contributed by atoms with van der Waals surface area (Å²) < 4.78 is 5.08. The summed E-state index contributed by atoms with van der Waals surface area (Å²) in [5.74, 6) is 1.65. The van der Waals surface area contributed by atoms with E-state index in [9.17, 15) is 4.79 Å². The molecule has 0 unspecified atom stereocenters. The van der Waals surface area contributed by atoms with E-state index >= 15 is 0 Å². The number of carbonyl (C=O) groups is 1. The maximum atomic E-state index is 12.2. The van der Waals surface area contributed by atoms with E-state index in [1.54, 1.807) is 43.5 Å². The van der Waals surface area contributed by atoms with Gasteiger partial charge in [0.1, 0.15) is 5.75 Å². The number of hydrogen-bond acceptors (Lipinski definition) is 5. The van der Waals surface area contributed by atoms with Gasteiger partial charge in [-0.3, -0.25) is 9.89 Å². The fourth-order valence-corrected chi connectivity index (χ4v) is 2.86. The van der Waals surface area contributed by atoms with Crippen LogP contribution in [0.3, 0.4) is 0 Å². The van der Waals surface area contributed by atoms with Crippen LogP contribution in [0.15, 0.2) is 53.7 Å². The van der Waals surface area contributed by atoms with Gasteiger partial charge in [-0.2, -0.15) is 0 Å². The van der Waals surface area contributed by atoms with Crippen molar-refractivity contribution in [2.45, 2.75) is 5.16 Å². The number of ether oxygens (including phenoxy) is 1. The molecule has 1 N–H and O–H groups in total. The minimum atomic E-state index is 0.0143. The van der Waals surface area contributed by atoms with Crippen molar-refractivity contribution in [3.8, 4) is 17.1 Å². The standard InChI is InChI=1S/C17H14ClN3O2S/c1-23-14-8-4-11(5-9-14)15(22)10-24-17-19-16(20-21-17)12-2-6-13(18)7-3-12/h2-9H,10H2,1H3,(H,19,20,21). The van der Waals surface area contributed by atoms with Crippen molar-refractivity contribution in [2.75, 3.05) is 12.9 Å². The summed E-state index contributed by atoms with van der Waals surface area (Å²) in [6, 6.07) is 14.3. The molecule has 0 aliphatic rings. The molecule has 3 rings (SSSR count). The number of hydrogen-bond donors (Lipinski definition) is 1. The molecule has 0 spiro atoms. The highest BCUT2D eigenvalue weighted by molar-refractivity contribution is 7.99. The number of H-pyrrole nitrogens is 1. The molecule has 7 heteroatoms. The van der Waals surface area contributed by atoms with E-state index in [0.29, 0.717) is 21.6 Å². The Kier molecular flexibility index (Phi) is 5.17. The molecule has 0 aliphatic heterocycles. The second-order valence-corrected chi connectivity index (χ2v) is 6.29. The van der Waals surface area contributed by atoms with Crippen LogP contribution in [0.1, 0.15) is 10.4 Å². The topological polar surface area (TPSA) is 67.9 Å². The average molecular weight is 360 g/mol. The van der Waals surface area contributed by atoms with Crippen LogP contribution < -0.4 is 4.74 Å². The summed E-state index contributed by atoms with van der Waals surface area (Å²) in [4.78, 5) is 16.6. The fraction of sp³-hybridized carbons (Fsp3) is 0.118. The van der Waals surface area contributed by atoms with Crippen LogP contribution >= 0.6 is 23.4 Å². The van der Waals surface area contributed by atoms with Crippen molar-refractivity contribution >= 4 is 29.1 Å². The van der Waals surface area contributed by atoms with Gasteiger partial charge in [0.2, 0.25) is 5.16 Å². The lowest BCUT2D eigenvalue weighted by molar-refractivity contribution is 0.102. The summed E-state index contributed by atoms with van der Waals surface area (Å²) in [5.41, 5.74) is 1.52. The summed E-state index contributed by atoms with van der Waals surface area (Å²) in [7, 11) is 1.59. The van der Waals surface area contributed by atoms with Gasteiger partial charge in [-0.25, -0.2) is 4.98 Å². The number of nitrogens with zero attached hydrogens (tertiary/aromatic N) is 2. The molecular weight excluding hydrogens is 346 g/mol. The van der Waals surface area contributed by atoms with Crippen molar-refractivity contribution in [1.82, 2.24) is 15.2 Å². The first kappa shape index (κ1) is 16.5. The van der Waals surface area contributed by atoms with Crippen LogP contribution in [0.2, 0.25) is 5.02 Å². The Balaban J connectivity index is 1.62. The molecular formula is C17H14ClN3O2S. The van der Waals surface area contributed by atoms with Gasteiger partial charge in [-0.15, -0.1) is 5.10 Å². The molecule has 0 atom stereocenters. The number of carbonyl (C=O) groups excluding carboxylic acids is 1. The third-order valence-corrected chi connectivity index (χ3v) is 4.43. The summed E-state index contributed by atoms with van der Waals surface area (Å²) >= 11 is 7.16. The van der Waals surface area contributed by atoms with Gasteiger partial charge in [-0.1, -0.05) is 23.4 Å². The number of halogens is 1. The number of Topliss-reactive ketones (excluding diaryl/α,β-unsaturated/α-hetero) is 1. The number of rotatable bonds is 6. The third-order valence-electron chi connectivity index (χ3n) is 3.33. The normalized spacial score (nSPS) is 10.6. The highest BCUT2D eigenvalue weighted by Crippen LogP contribution is 2.22. The van der Waals surface area contributed by atoms with Crippen molar-refractivity contribution in [2.24, 2.45) is 0 Å². The zero-order valence-electron chi connectivity index (χ0n) is 12.8. The molecule has 3 aromatic rings. The first-order valence-corrected chi connectivity index (χ1v) is 8.50. The fourth-order valence-electron chi connectivity index (χ4n) is 2.04. The lowest BCUT2D eigenvalue weighted by Crippen LogP contribution is -2.02. The Labute approximate surface area is 148 Å². The molecule has 0 bridgehead atoms. The first-order chi connectivity index (χ1) is 11.7. The maximum Gasteiger partial charge on any atom is 0.209 e. The van der Waals surface area contributed by atoms with Crippen LogP contribution in [0, 0.1) is 0 Å². The van der Waals surface area contributed by atoms with Crippen molar-refractivity contribution in [3.63, 3.8) is 0 Å². The Morgan fingerprint density at radius 2 is 1.88 bits per heavy atom. The summed E-state index contributed by atoms with van der Waals surface area (Å²) in [6.07, 6.45) is 0. The Morgan fingerprint density at radius 1 is 1.17 bits per heavy atom. The van der Waals surface area contributed by atoms with E-state index in [4.69, 9.17) is 16.3 Å². The van der Waals surface area contributed by atoms with Gasteiger partial charge in [0.05, 0.1) is 12.9 Å². The third kappa shape index (κ3) is 3.96. The number of aromatic amines is 1. The Hall–Kier alpha value is -2.31. The maximum absolute atomic E-state index is 12.2. The molecule has 0 amide bonds. The minimum Gasteiger partial charge on any atom is -0.497 e. The van der Waals surface area contributed by atoms with E-state index in [0.717, 1.165) is 11.3 Å². The molecule has 24 heavy (non-hydrogen) atoms. The van der Waals surface area contributed by atoms with E-state index in [1.165, 1.54) is 11.8 Å². The predicted octanol–water partition coefficient (Wildman–Crippen LogP) is 4.11. The largest absolute Gasteiger partial charge is 0.497 e. The average Bonchev–Trinajstić information content (AvgIpc) is 3.09. The van der Waals surface area contributed by atoms with Gasteiger partial charge < -0.3 is 4.74 Å². The minimum absolute atomic E-state index is 0.0143. The van der Waals surface area contributed by atoms with Gasteiger partial charge in [0, 0.05) is 16.1 Å². The number of nitrogens with one attached hydrogen (secondary N) is 1. The van der Waals surface area contributed by atoms with Crippen molar-refractivity contribution in [1.29, 1.82) is 0 Å². The molecule has 0 fully saturated rings. The number of thioether (sulfide) groups is 1. The van der Waals surface area contributed by atoms with E-state index in [1.807, 2.05) is 12.1 Å². The lowest BCUT2D eigenvalue weighted by Gasteiger charge is -2.01. The molecule has 2 aromatic carbocycles. The molecule has 1 aromatic heterocycles. The molecule has 5 nitrogen and oxygen atoms in total. The van der Waals surface area contributed by atoms with Gasteiger partial charge >= 0.3 is 0 Å². The highest BCUT2D eigenvalue weighted by atomic mass is 35.5. The lowest BCUT2D eigenvalue weighted by atomic mass is 10.1. The Bertz CT molecular complexity index is 832. The van der Waals surface area contributed by atoms with Gasteiger partial charge in [0.25, 0.3) is 0 Å². The van der Waals surface area contributed by atoms with Crippen LogP contribution in [-0.4, -0.2) is 33.8 Å². The van der Waals surface area contributed by atoms with Gasteiger partial charge in [-0.05, 0) is 48.5 Å². The molecule has 122 valence electrons. The predicted molar refractivity (Wildman–Crippen MR) is 94.9 cm³/mol. The van der Waals surface area contributed by atoms with Crippen molar-refractivity contribution in [3.05, 3.63) is 59.1 Å². The molecule has 0 aliphatic carbocycles. The van der Waals surface area contributed by atoms with Crippen molar-refractivity contribution < 1.29 is 9.53 Å². The summed E-state index contributed by atoms with van der Waals surface area (Å²) in [6.45, 7) is 0. The van der Waals surface area contributed by atoms with Crippen LogP contribution in [-0.2, 0) is 0 Å². The summed E-state index contributed by atoms with van der Waals surface area (Å²) in [5, 5.41) is 8.19. The number of aromatic nitrogens is 3. The van der Waals surface area contributed by atoms with Crippen LogP contribution in [0.25, 0.3) is 11.4 Å². The molecule has 0 radical (unpaired) electrons. The quantitative estimate of drug-likeness (QED) is 0.530. The van der Waals surface area contributed by atoms with Gasteiger partial charge in [0.15, 0.2) is 11.6 Å². The number of benzene rings is 2. The monoisotopic (exact) mass is 359 g/mol. The van der Waals surface area contributed by atoms with E-state index in [2.05, 4.69) is 15.2 Å². The van der Waals surface area contributed by atoms with Crippen LogP contribution in [0.4, 0.5) is 0 Å². The second kappa shape index (κ2) is 7.51. The van der Waals surface area contributed by atoms with E-state index < -0.39 is 0 Å². The zero-order chi connectivity index (χ0) is 16.9. The molecule has 1 heterocycles. The second-order valence-electron chi connectivity index (χ2n) is 4.91. The number of ketones is 1. The highest BCUT2D eigenvalue weighted by Gasteiger charge is 2.11.